The van der Waals surface area contributed by atoms with Crippen LogP contribution in [0.15, 0.2) is 35.3 Å². The number of hydroxylamine groups is 2. The van der Waals surface area contributed by atoms with Gasteiger partial charge in [0.05, 0.1) is 0 Å². The van der Waals surface area contributed by atoms with Gasteiger partial charge in [0.25, 0.3) is 9.69 Å². The normalized spacial score (nSPS) is 21.8. The van der Waals surface area contributed by atoms with Crippen LogP contribution in [-0.2, 0) is 4.84 Å². The summed E-state index contributed by atoms with van der Waals surface area (Å²) in [6.45, 7) is 0. The Labute approximate surface area is 109 Å². The molecule has 86 valence electrons. The molecule has 0 aromatic heterocycles. The highest BCUT2D eigenvalue weighted by molar-refractivity contribution is 6.76. The molecule has 1 aliphatic heterocycles. The molecule has 0 saturated carbocycles. The van der Waals surface area contributed by atoms with E-state index in [2.05, 4.69) is 4.99 Å². The molecule has 0 N–H and O–H groups in total. The van der Waals surface area contributed by atoms with E-state index in [0.717, 1.165) is 5.56 Å². The number of alkyl halides is 3. The van der Waals surface area contributed by atoms with Crippen LogP contribution in [0.2, 0.25) is 0 Å². The first-order chi connectivity index (χ1) is 7.48. The number of nitrogens with zero attached hydrogens (tertiary/aromatic N) is 2. The Morgan fingerprint density at radius 2 is 1.88 bits per heavy atom. The maximum atomic E-state index is 5.71. The van der Waals surface area contributed by atoms with Crippen molar-refractivity contribution in [2.45, 2.75) is 9.96 Å². The van der Waals surface area contributed by atoms with Crippen LogP contribution in [0.5, 0.6) is 0 Å². The summed E-state index contributed by atoms with van der Waals surface area (Å²) in [5, 5.41) is 1.55. The Kier molecular flexibility index (Phi) is 3.31. The number of hydrogen-bond donors (Lipinski definition) is 0. The fraction of sp³-hybridized carbons (Fsp3) is 0.300. The topological polar surface area (TPSA) is 24.8 Å². The highest BCUT2D eigenvalue weighted by Crippen LogP contribution is 2.36. The van der Waals surface area contributed by atoms with Gasteiger partial charge in [-0.15, -0.1) is 5.06 Å². The Morgan fingerprint density at radius 3 is 2.38 bits per heavy atom. The van der Waals surface area contributed by atoms with Crippen molar-refractivity contribution in [2.75, 3.05) is 7.05 Å². The van der Waals surface area contributed by atoms with Crippen molar-refractivity contribution in [3.05, 3.63) is 35.9 Å². The second kappa shape index (κ2) is 4.41. The molecule has 1 atom stereocenters. The van der Waals surface area contributed by atoms with Crippen molar-refractivity contribution in [1.82, 2.24) is 5.06 Å². The van der Waals surface area contributed by atoms with E-state index in [1.807, 2.05) is 30.3 Å². The first-order valence-electron chi connectivity index (χ1n) is 4.59. The summed E-state index contributed by atoms with van der Waals surface area (Å²) in [5.74, 6) is 0.0915. The van der Waals surface area contributed by atoms with Crippen molar-refractivity contribution in [1.29, 1.82) is 0 Å². The van der Waals surface area contributed by atoms with Gasteiger partial charge in [-0.2, -0.15) is 0 Å². The summed E-state index contributed by atoms with van der Waals surface area (Å²) in [5.41, 5.74) is 0.981. The van der Waals surface area contributed by atoms with Crippen LogP contribution in [0.4, 0.5) is 0 Å². The summed E-state index contributed by atoms with van der Waals surface area (Å²) in [6.07, 6.45) is -0.271. The average molecular weight is 280 g/mol. The molecule has 1 aliphatic rings. The van der Waals surface area contributed by atoms with E-state index in [9.17, 15) is 0 Å². The zero-order chi connectivity index (χ0) is 11.8. The van der Waals surface area contributed by atoms with Gasteiger partial charge in [0, 0.05) is 7.05 Å². The van der Waals surface area contributed by atoms with Crippen molar-refractivity contribution in [3.63, 3.8) is 0 Å². The van der Waals surface area contributed by atoms with E-state index in [-0.39, 0.29) is 12.1 Å². The molecule has 6 heteroatoms. The third-order valence-electron chi connectivity index (χ3n) is 2.15. The van der Waals surface area contributed by atoms with Crippen LogP contribution in [0.3, 0.4) is 0 Å². The van der Waals surface area contributed by atoms with E-state index in [1.165, 1.54) is 0 Å². The molecule has 0 amide bonds. The average Bonchev–Trinajstić information content (AvgIpc) is 2.61. The van der Waals surface area contributed by atoms with Gasteiger partial charge >= 0.3 is 0 Å². The van der Waals surface area contributed by atoms with Crippen LogP contribution in [0.1, 0.15) is 11.7 Å². The molecular weight excluding hydrogens is 270 g/mol. The van der Waals surface area contributed by atoms with E-state index < -0.39 is 3.79 Å². The summed E-state index contributed by atoms with van der Waals surface area (Å²) in [4.78, 5) is 9.52. The Hall–Kier alpha value is -0.480. The molecule has 16 heavy (non-hydrogen) atoms. The first-order valence-corrected chi connectivity index (χ1v) is 5.72. The fourth-order valence-electron chi connectivity index (χ4n) is 1.44. The lowest BCUT2D eigenvalue weighted by Gasteiger charge is -2.16. The maximum Gasteiger partial charge on any atom is 0.268 e. The molecule has 0 spiro atoms. The van der Waals surface area contributed by atoms with Crippen molar-refractivity contribution in [2.24, 2.45) is 4.99 Å². The number of rotatable bonds is 1. The van der Waals surface area contributed by atoms with Gasteiger partial charge < -0.3 is 4.84 Å². The Balaban J connectivity index is 2.28. The number of hydrogen-bond acceptors (Lipinski definition) is 3. The summed E-state index contributed by atoms with van der Waals surface area (Å²) in [7, 11) is 1.74. The third-order valence-corrected chi connectivity index (χ3v) is 2.64. The van der Waals surface area contributed by atoms with Gasteiger partial charge in [0.15, 0.2) is 6.17 Å². The van der Waals surface area contributed by atoms with Gasteiger partial charge in [-0.25, -0.2) is 4.99 Å². The summed E-state index contributed by atoms with van der Waals surface area (Å²) >= 11 is 17.1. The van der Waals surface area contributed by atoms with Gasteiger partial charge in [-0.3, -0.25) is 0 Å². The minimum Gasteiger partial charge on any atom is -0.384 e. The molecule has 3 nitrogen and oxygen atoms in total. The number of aliphatic imine (C=N–C) groups is 1. The molecule has 0 bridgehead atoms. The Morgan fingerprint density at radius 1 is 1.25 bits per heavy atom. The fourth-order valence-corrected chi connectivity index (χ4v) is 1.69. The number of halogens is 3. The minimum absolute atomic E-state index is 0.0915. The highest BCUT2D eigenvalue weighted by Gasteiger charge is 2.38. The standard InChI is InChI=1S/C10H9Cl3N2O/c1-15-8(7-5-3-2-4-6-7)14-9(16-15)10(11,12)13/h2-6,8H,1H3. The molecule has 1 aromatic rings. The smallest absolute Gasteiger partial charge is 0.268 e. The molecule has 1 unspecified atom stereocenters. The van der Waals surface area contributed by atoms with E-state index in [0.29, 0.717) is 0 Å². The lowest BCUT2D eigenvalue weighted by molar-refractivity contribution is -0.0591. The molecule has 0 saturated heterocycles. The zero-order valence-corrected chi connectivity index (χ0v) is 10.7. The lowest BCUT2D eigenvalue weighted by Crippen LogP contribution is -2.24. The largest absolute Gasteiger partial charge is 0.384 e. The molecule has 1 heterocycles. The predicted molar refractivity (Wildman–Crippen MR) is 65.8 cm³/mol. The van der Waals surface area contributed by atoms with Gasteiger partial charge in [0.1, 0.15) is 0 Å². The molecule has 2 rings (SSSR count). The van der Waals surface area contributed by atoms with Crippen LogP contribution >= 0.6 is 34.8 Å². The number of benzene rings is 1. The monoisotopic (exact) mass is 278 g/mol. The first kappa shape index (κ1) is 12.0. The quantitative estimate of drug-likeness (QED) is 0.737. The molecular formula is C10H9Cl3N2O. The third kappa shape index (κ3) is 2.43. The van der Waals surface area contributed by atoms with Crippen molar-refractivity contribution >= 4 is 40.7 Å². The van der Waals surface area contributed by atoms with Gasteiger partial charge in [-0.05, 0) is 5.56 Å². The van der Waals surface area contributed by atoms with Gasteiger partial charge in [-0.1, -0.05) is 65.1 Å². The molecule has 0 fully saturated rings. The van der Waals surface area contributed by atoms with Gasteiger partial charge in [0.2, 0.25) is 0 Å². The molecule has 0 radical (unpaired) electrons. The molecule has 1 aromatic carbocycles. The van der Waals surface area contributed by atoms with E-state index in [1.54, 1.807) is 12.1 Å². The summed E-state index contributed by atoms with van der Waals surface area (Å²) in [6, 6.07) is 9.65. The summed E-state index contributed by atoms with van der Waals surface area (Å²) < 4.78 is -1.63. The SMILES string of the molecule is CN1OC(C(Cl)(Cl)Cl)=NC1c1ccccc1. The van der Waals surface area contributed by atoms with E-state index >= 15 is 0 Å². The molecule has 0 aliphatic carbocycles. The van der Waals surface area contributed by atoms with Crippen LogP contribution < -0.4 is 0 Å². The van der Waals surface area contributed by atoms with E-state index in [4.69, 9.17) is 39.6 Å². The zero-order valence-electron chi connectivity index (χ0n) is 8.40. The highest BCUT2D eigenvalue weighted by atomic mass is 35.6. The van der Waals surface area contributed by atoms with Crippen molar-refractivity contribution < 1.29 is 4.84 Å². The van der Waals surface area contributed by atoms with Crippen LogP contribution in [0.25, 0.3) is 0 Å². The predicted octanol–water partition coefficient (Wildman–Crippen LogP) is 3.33. The maximum absolute atomic E-state index is 5.71. The Bertz CT molecular complexity index is 402. The van der Waals surface area contributed by atoms with Crippen molar-refractivity contribution in [3.8, 4) is 0 Å². The second-order valence-electron chi connectivity index (χ2n) is 3.35. The minimum atomic E-state index is -1.63. The second-order valence-corrected chi connectivity index (χ2v) is 5.64. The lowest BCUT2D eigenvalue weighted by atomic mass is 10.2. The van der Waals surface area contributed by atoms with Crippen LogP contribution in [0, 0.1) is 0 Å². The van der Waals surface area contributed by atoms with Crippen LogP contribution in [-0.4, -0.2) is 21.8 Å².